The fourth-order valence-corrected chi connectivity index (χ4v) is 3.06. The van der Waals surface area contributed by atoms with Gasteiger partial charge in [0.2, 0.25) is 6.39 Å². The Morgan fingerprint density at radius 3 is 3.09 bits per heavy atom. The van der Waals surface area contributed by atoms with Crippen LogP contribution in [0.2, 0.25) is 0 Å². The zero-order chi connectivity index (χ0) is 15.1. The molecule has 3 heterocycles. The molecule has 1 aliphatic heterocycles. The number of fused-ring (bicyclic) bond motifs is 1. The summed E-state index contributed by atoms with van der Waals surface area (Å²) in [6.45, 7) is 2.68. The molecule has 1 amide bonds. The monoisotopic (exact) mass is 297 g/mol. The van der Waals surface area contributed by atoms with E-state index in [0.717, 1.165) is 29.4 Å². The Balaban J connectivity index is 1.69. The lowest BCUT2D eigenvalue weighted by Gasteiger charge is -2.20. The first kappa shape index (κ1) is 13.1. The second-order valence-corrected chi connectivity index (χ2v) is 5.54. The number of hydrogen-bond donors (Lipinski definition) is 0. The van der Waals surface area contributed by atoms with E-state index in [-0.39, 0.29) is 11.9 Å². The van der Waals surface area contributed by atoms with Gasteiger partial charge in [0, 0.05) is 11.9 Å². The lowest BCUT2D eigenvalue weighted by molar-refractivity contribution is 0.0698. The minimum absolute atomic E-state index is 0.122. The topological polar surface area (TPSA) is 72.4 Å². The Morgan fingerprint density at radius 2 is 2.32 bits per heavy atom. The third-order valence-electron chi connectivity index (χ3n) is 4.18. The van der Waals surface area contributed by atoms with Crippen LogP contribution in [-0.2, 0) is 0 Å². The summed E-state index contributed by atoms with van der Waals surface area (Å²) in [6, 6.07) is 7.48. The quantitative estimate of drug-likeness (QED) is 0.726. The van der Waals surface area contributed by atoms with Gasteiger partial charge in [-0.15, -0.1) is 0 Å². The van der Waals surface area contributed by atoms with Gasteiger partial charge in [-0.2, -0.15) is 4.98 Å². The molecule has 1 aliphatic rings. The Hall–Kier alpha value is -2.63. The maximum absolute atomic E-state index is 12.8. The number of carbonyl (C=O) groups is 1. The van der Waals surface area contributed by atoms with E-state index >= 15 is 0 Å². The molecule has 112 valence electrons. The smallest absolute Gasteiger partial charge is 0.290 e. The molecular formula is C16H15N3O3. The predicted octanol–water partition coefficient (Wildman–Crippen LogP) is 3.10. The molecule has 1 fully saturated rings. The van der Waals surface area contributed by atoms with Gasteiger partial charge in [-0.25, -0.2) is 0 Å². The number of furan rings is 1. The number of hydrogen-bond acceptors (Lipinski definition) is 5. The Bertz CT molecular complexity index is 822. The number of aromatic nitrogens is 2. The normalized spacial score (nSPS) is 18.2. The molecule has 0 N–H and O–H groups in total. The third-order valence-corrected chi connectivity index (χ3v) is 4.18. The van der Waals surface area contributed by atoms with Crippen LogP contribution in [0.4, 0.5) is 0 Å². The Labute approximate surface area is 126 Å². The van der Waals surface area contributed by atoms with Crippen LogP contribution in [0.15, 0.2) is 39.6 Å². The van der Waals surface area contributed by atoms with Crippen LogP contribution < -0.4 is 0 Å². The molecular weight excluding hydrogens is 282 g/mol. The minimum Gasteiger partial charge on any atom is -0.451 e. The van der Waals surface area contributed by atoms with Gasteiger partial charge in [0.25, 0.3) is 5.91 Å². The maximum atomic E-state index is 12.8. The molecule has 6 nitrogen and oxygen atoms in total. The van der Waals surface area contributed by atoms with Gasteiger partial charge in [0.05, 0.1) is 6.04 Å². The second-order valence-electron chi connectivity index (χ2n) is 5.54. The van der Waals surface area contributed by atoms with Gasteiger partial charge < -0.3 is 13.8 Å². The summed E-state index contributed by atoms with van der Waals surface area (Å²) in [6.07, 6.45) is 3.05. The number of aryl methyl sites for hydroxylation is 1. The van der Waals surface area contributed by atoms with Crippen molar-refractivity contribution >= 4 is 16.9 Å². The molecule has 1 saturated heterocycles. The molecule has 0 saturated carbocycles. The highest BCUT2D eigenvalue weighted by atomic mass is 16.5. The number of benzene rings is 1. The van der Waals surface area contributed by atoms with Gasteiger partial charge in [0.1, 0.15) is 5.58 Å². The molecule has 3 aromatic rings. The molecule has 6 heteroatoms. The molecule has 1 unspecified atom stereocenters. The molecule has 22 heavy (non-hydrogen) atoms. The third kappa shape index (κ3) is 1.99. The van der Waals surface area contributed by atoms with Gasteiger partial charge in [-0.3, -0.25) is 4.79 Å². The average Bonchev–Trinajstić information content (AvgIpc) is 3.25. The standard InChI is InChI=1S/C16H15N3O3/c1-10-4-2-6-13-11(10)8-14(22-13)16(20)19-7-3-5-12(19)15-17-9-21-18-15/h2,4,6,8-9,12H,3,5,7H2,1H3. The van der Waals surface area contributed by atoms with Crippen LogP contribution in [0.1, 0.15) is 40.8 Å². The van der Waals surface area contributed by atoms with E-state index in [0.29, 0.717) is 18.1 Å². The first-order chi connectivity index (χ1) is 10.7. The van der Waals surface area contributed by atoms with Crippen LogP contribution in [0, 0.1) is 6.92 Å². The summed E-state index contributed by atoms with van der Waals surface area (Å²) < 4.78 is 10.5. The van der Waals surface area contributed by atoms with Crippen molar-refractivity contribution in [1.29, 1.82) is 0 Å². The maximum Gasteiger partial charge on any atom is 0.290 e. The van der Waals surface area contributed by atoms with Crippen molar-refractivity contribution in [3.8, 4) is 0 Å². The number of carbonyl (C=O) groups excluding carboxylic acids is 1. The van der Waals surface area contributed by atoms with Crippen molar-refractivity contribution < 1.29 is 13.7 Å². The molecule has 0 spiro atoms. The summed E-state index contributed by atoms with van der Waals surface area (Å²) in [7, 11) is 0. The zero-order valence-corrected chi connectivity index (χ0v) is 12.2. The number of amides is 1. The summed E-state index contributed by atoms with van der Waals surface area (Å²) in [4.78, 5) is 18.6. The Morgan fingerprint density at radius 1 is 1.41 bits per heavy atom. The van der Waals surface area contributed by atoms with Crippen LogP contribution >= 0.6 is 0 Å². The minimum atomic E-state index is -0.138. The fraction of sp³-hybridized carbons (Fsp3) is 0.312. The fourth-order valence-electron chi connectivity index (χ4n) is 3.06. The molecule has 1 atom stereocenters. The predicted molar refractivity (Wildman–Crippen MR) is 78.3 cm³/mol. The van der Waals surface area contributed by atoms with Crippen LogP contribution in [-0.4, -0.2) is 27.5 Å². The number of likely N-dealkylation sites (tertiary alicyclic amines) is 1. The van der Waals surface area contributed by atoms with Gasteiger partial charge in [0.15, 0.2) is 11.6 Å². The summed E-state index contributed by atoms with van der Waals surface area (Å²) in [5.41, 5.74) is 1.83. The van der Waals surface area contributed by atoms with Crippen molar-refractivity contribution in [2.24, 2.45) is 0 Å². The second kappa shape index (κ2) is 4.98. The zero-order valence-electron chi connectivity index (χ0n) is 12.2. The van der Waals surface area contributed by atoms with E-state index in [2.05, 4.69) is 10.1 Å². The highest BCUT2D eigenvalue weighted by Gasteiger charge is 2.34. The lowest BCUT2D eigenvalue weighted by Crippen LogP contribution is -2.30. The van der Waals surface area contributed by atoms with Crippen molar-refractivity contribution in [2.75, 3.05) is 6.54 Å². The van der Waals surface area contributed by atoms with Crippen molar-refractivity contribution in [2.45, 2.75) is 25.8 Å². The highest BCUT2D eigenvalue weighted by molar-refractivity contribution is 5.97. The molecule has 4 rings (SSSR count). The van der Waals surface area contributed by atoms with E-state index < -0.39 is 0 Å². The Kier molecular flexibility index (Phi) is 2.96. The number of nitrogens with zero attached hydrogens (tertiary/aromatic N) is 3. The van der Waals surface area contributed by atoms with E-state index in [1.165, 1.54) is 6.39 Å². The first-order valence-electron chi connectivity index (χ1n) is 7.30. The van der Waals surface area contributed by atoms with Crippen LogP contribution in [0.3, 0.4) is 0 Å². The van der Waals surface area contributed by atoms with Crippen molar-refractivity contribution in [3.63, 3.8) is 0 Å². The SMILES string of the molecule is Cc1cccc2oc(C(=O)N3CCCC3c3ncon3)cc12. The van der Waals surface area contributed by atoms with E-state index in [9.17, 15) is 4.79 Å². The van der Waals surface area contributed by atoms with Crippen molar-refractivity contribution in [1.82, 2.24) is 15.0 Å². The van der Waals surface area contributed by atoms with Gasteiger partial charge in [-0.1, -0.05) is 17.3 Å². The van der Waals surface area contributed by atoms with Crippen LogP contribution in [0.5, 0.6) is 0 Å². The number of rotatable bonds is 2. The van der Waals surface area contributed by atoms with E-state index in [4.69, 9.17) is 8.94 Å². The van der Waals surface area contributed by atoms with Crippen LogP contribution in [0.25, 0.3) is 11.0 Å². The summed E-state index contributed by atoms with van der Waals surface area (Å²) >= 11 is 0. The molecule has 2 aromatic heterocycles. The summed E-state index contributed by atoms with van der Waals surface area (Å²) in [5.74, 6) is 0.792. The molecule has 0 bridgehead atoms. The largest absolute Gasteiger partial charge is 0.451 e. The lowest BCUT2D eigenvalue weighted by atomic mass is 10.1. The molecule has 0 radical (unpaired) electrons. The molecule has 0 aliphatic carbocycles. The van der Waals surface area contributed by atoms with Gasteiger partial charge in [-0.05, 0) is 37.5 Å². The first-order valence-corrected chi connectivity index (χ1v) is 7.30. The average molecular weight is 297 g/mol. The molecule has 1 aromatic carbocycles. The summed E-state index contributed by atoms with van der Waals surface area (Å²) in [5, 5.41) is 4.84. The van der Waals surface area contributed by atoms with E-state index in [1.807, 2.05) is 31.2 Å². The highest BCUT2D eigenvalue weighted by Crippen LogP contribution is 2.32. The van der Waals surface area contributed by atoms with Crippen molar-refractivity contribution in [3.05, 3.63) is 47.8 Å². The van der Waals surface area contributed by atoms with Gasteiger partial charge >= 0.3 is 0 Å². The van der Waals surface area contributed by atoms with E-state index in [1.54, 1.807) is 4.90 Å².